The number of likely N-dealkylation sites (tertiary alicyclic amines) is 1. The lowest BCUT2D eigenvalue weighted by Gasteiger charge is -2.39. The Bertz CT molecular complexity index is 3440. The van der Waals surface area contributed by atoms with Gasteiger partial charge in [0.25, 0.3) is 5.91 Å². The molecule has 6 aromatic rings. The first kappa shape index (κ1) is 55.9. The van der Waals surface area contributed by atoms with Crippen molar-refractivity contribution in [2.24, 2.45) is 44.0 Å². The number of nitrogens with zero attached hydrogens (tertiary/aromatic N) is 8. The molecule has 1 unspecified atom stereocenters. The zero-order chi connectivity index (χ0) is 56.3. The van der Waals surface area contributed by atoms with Crippen molar-refractivity contribution in [3.05, 3.63) is 159 Å². The molecule has 0 bridgehead atoms. The molecular formula is C60H64ClN11O5S. The van der Waals surface area contributed by atoms with Crippen LogP contribution >= 0.6 is 22.9 Å². The number of nitrogens with two attached hydrogens (primary N) is 3. The molecule has 5 aromatic carbocycles. The number of hydrogen-bond acceptors (Lipinski definition) is 13. The normalized spacial score (nSPS) is 22.8. The van der Waals surface area contributed by atoms with Gasteiger partial charge in [0, 0.05) is 50.6 Å². The molecule has 0 aliphatic carbocycles. The number of halogens is 1. The molecule has 1 aromatic heterocycles. The van der Waals surface area contributed by atoms with Gasteiger partial charge in [-0.2, -0.15) is 5.26 Å². The van der Waals surface area contributed by atoms with E-state index in [1.807, 2.05) is 146 Å². The summed E-state index contributed by atoms with van der Waals surface area (Å²) in [7, 11) is 4.94. The molecule has 5 heterocycles. The molecular weight excluding hydrogens is 1020 g/mol. The number of nitriles is 1. The van der Waals surface area contributed by atoms with E-state index < -0.39 is 16.6 Å². The van der Waals surface area contributed by atoms with Crippen LogP contribution in [0, 0.1) is 23.2 Å². The first-order chi connectivity index (χ1) is 37.1. The summed E-state index contributed by atoms with van der Waals surface area (Å²) in [5.74, 6) is 1.29. The van der Waals surface area contributed by atoms with Crippen molar-refractivity contribution in [1.29, 1.82) is 5.26 Å². The molecule has 16 nitrogen and oxygen atoms in total. The third kappa shape index (κ3) is 11.5. The van der Waals surface area contributed by atoms with Gasteiger partial charge in [0.2, 0.25) is 17.7 Å². The van der Waals surface area contributed by atoms with E-state index in [-0.39, 0.29) is 53.3 Å². The van der Waals surface area contributed by atoms with Gasteiger partial charge in [-0.3, -0.25) is 33.9 Å². The first-order valence-corrected chi connectivity index (χ1v) is 26.7. The zero-order valence-corrected chi connectivity index (χ0v) is 46.6. The number of carbonyl (C=O) groups is 4. The summed E-state index contributed by atoms with van der Waals surface area (Å²) in [5, 5.41) is 11.7. The largest absolute Gasteiger partial charge is 0.497 e. The van der Waals surface area contributed by atoms with E-state index >= 15 is 0 Å². The fourth-order valence-electron chi connectivity index (χ4n) is 10.0. The van der Waals surface area contributed by atoms with Gasteiger partial charge in [-0.25, -0.2) is 15.0 Å². The molecule has 4 amide bonds. The maximum Gasteiger partial charge on any atom is 0.261 e. The number of aliphatic imine (C=N–C) groups is 3. The molecule has 1 saturated heterocycles. The standard InChI is InChI=1S/C23H25ClN4O2.C20H23N3O2.C17H16N4OS/c1-15(29)27-10-9-16(13-27)14-28-21(30)23(2,26-22(28)25)19-7-3-5-17(11-19)18-6-4-8-20(24)12-18;1-13-18(24)23(3)19(21)22-20(13,2)16-9-5-7-14(11-16)15-8-6-10-17(12-15)25-4;1-17(8-15(22)21(2)16(19)20-17)14-7-13(10-23-14)12-5-3-4-11(6-12)9-18/h3-8,11-12,16H,9-10,13-14H2,1-2H3,(H2,25,26);5-13H,1-4H3,(H2,21,22);3-7,10H,8H2,1-2H3,(H2,19,20)/t16-,23?;13-,20-;17-/m100/s1. The Hall–Kier alpha value is -8.33. The average Bonchev–Trinajstić information content (AvgIpc) is 4.28. The van der Waals surface area contributed by atoms with E-state index in [0.29, 0.717) is 30.1 Å². The van der Waals surface area contributed by atoms with Crippen LogP contribution in [0.2, 0.25) is 5.02 Å². The Morgan fingerprint density at radius 2 is 1.35 bits per heavy atom. The van der Waals surface area contributed by atoms with Crippen molar-refractivity contribution < 1.29 is 23.9 Å². The second-order valence-electron chi connectivity index (χ2n) is 20.5. The van der Waals surface area contributed by atoms with E-state index in [9.17, 15) is 19.2 Å². The molecule has 0 spiro atoms. The van der Waals surface area contributed by atoms with Crippen LogP contribution in [0.1, 0.15) is 69.0 Å². The van der Waals surface area contributed by atoms with Crippen LogP contribution in [0.15, 0.2) is 148 Å². The lowest BCUT2D eigenvalue weighted by Crippen LogP contribution is -2.52. The number of ether oxygens (including phenoxy) is 1. The summed E-state index contributed by atoms with van der Waals surface area (Å²) in [6.07, 6.45) is 1.15. The SMILES string of the molecule is CC(=O)N1CC[C@@H](CN2C(=O)C(C)(c3cccc(-c4cccc(Cl)c4)c3)N=C2N)C1.CN1C(=O)C[C@@](C)(c2cc(-c3cccc(C#N)c3)cs2)N=C1N.COc1cccc(-c2cccc([C@@]3(C)N=C(N)N(C)C(=O)[C@@H]3C)c2)c1. The Labute approximate surface area is 464 Å². The highest BCUT2D eigenvalue weighted by molar-refractivity contribution is 7.10. The maximum absolute atomic E-state index is 13.4. The van der Waals surface area contributed by atoms with Gasteiger partial charge in [0.1, 0.15) is 11.3 Å². The lowest BCUT2D eigenvalue weighted by molar-refractivity contribution is -0.133. The first-order valence-electron chi connectivity index (χ1n) is 25.5. The molecule has 4 aliphatic heterocycles. The van der Waals surface area contributed by atoms with Gasteiger partial charge in [0.15, 0.2) is 23.4 Å². The topological polar surface area (TPSA) is 229 Å². The predicted molar refractivity (Wildman–Crippen MR) is 308 cm³/mol. The average molecular weight is 1090 g/mol. The number of carbonyl (C=O) groups excluding carboxylic acids is 4. The van der Waals surface area contributed by atoms with Gasteiger partial charge in [-0.05, 0) is 138 Å². The number of methoxy groups -OCH3 is 1. The summed E-state index contributed by atoms with van der Waals surface area (Å²) in [6.45, 7) is 11.0. The number of thiophene rings is 1. The minimum atomic E-state index is -1.07. The van der Waals surface area contributed by atoms with Crippen molar-refractivity contribution in [2.75, 3.05) is 40.8 Å². The minimum absolute atomic E-state index is 0.0261. The number of benzene rings is 5. The monoisotopic (exact) mass is 1090 g/mol. The van der Waals surface area contributed by atoms with Gasteiger partial charge in [-0.1, -0.05) is 91.3 Å². The molecule has 10 rings (SSSR count). The molecule has 0 radical (unpaired) electrons. The summed E-state index contributed by atoms with van der Waals surface area (Å²) in [4.78, 5) is 70.5. The smallest absolute Gasteiger partial charge is 0.261 e. The highest BCUT2D eigenvalue weighted by Gasteiger charge is 2.47. The van der Waals surface area contributed by atoms with E-state index in [1.54, 1.807) is 57.4 Å². The van der Waals surface area contributed by atoms with Crippen LogP contribution in [-0.4, -0.2) is 102 Å². The van der Waals surface area contributed by atoms with Crippen molar-refractivity contribution in [3.63, 3.8) is 0 Å². The highest BCUT2D eigenvalue weighted by Crippen LogP contribution is 2.41. The number of hydrogen-bond donors (Lipinski definition) is 3. The summed E-state index contributed by atoms with van der Waals surface area (Å²) in [6, 6.07) is 43.0. The Morgan fingerprint density at radius 3 is 1.97 bits per heavy atom. The second-order valence-corrected chi connectivity index (χ2v) is 21.8. The van der Waals surface area contributed by atoms with E-state index in [4.69, 9.17) is 38.8 Å². The number of amides is 4. The fraction of sp³-hybridized carbons (Fsp3) is 0.300. The van der Waals surface area contributed by atoms with Crippen LogP contribution in [0.5, 0.6) is 5.75 Å². The molecule has 78 heavy (non-hydrogen) atoms. The number of rotatable bonds is 9. The molecule has 18 heteroatoms. The lowest BCUT2D eigenvalue weighted by atomic mass is 9.78. The van der Waals surface area contributed by atoms with Crippen LogP contribution in [0.4, 0.5) is 0 Å². The molecule has 1 fully saturated rings. The zero-order valence-electron chi connectivity index (χ0n) is 45.0. The van der Waals surface area contributed by atoms with Crippen molar-refractivity contribution >= 4 is 64.4 Å². The molecule has 5 atom stereocenters. The molecule has 402 valence electrons. The summed E-state index contributed by atoms with van der Waals surface area (Å²) >= 11 is 7.69. The minimum Gasteiger partial charge on any atom is -0.497 e. The molecule has 0 saturated carbocycles. The van der Waals surface area contributed by atoms with E-state index in [2.05, 4.69) is 27.1 Å². The Morgan fingerprint density at radius 1 is 0.756 bits per heavy atom. The van der Waals surface area contributed by atoms with Gasteiger partial charge >= 0.3 is 0 Å². The summed E-state index contributed by atoms with van der Waals surface area (Å²) < 4.78 is 5.31. The second kappa shape index (κ2) is 22.7. The van der Waals surface area contributed by atoms with Crippen molar-refractivity contribution in [1.82, 2.24) is 19.6 Å². The van der Waals surface area contributed by atoms with Crippen LogP contribution in [-0.2, 0) is 35.8 Å². The number of guanidine groups is 3. The molecule has 6 N–H and O–H groups in total. The van der Waals surface area contributed by atoms with E-state index in [1.165, 1.54) is 9.80 Å². The van der Waals surface area contributed by atoms with Crippen LogP contribution in [0.25, 0.3) is 33.4 Å². The highest BCUT2D eigenvalue weighted by atomic mass is 35.5. The van der Waals surface area contributed by atoms with Crippen LogP contribution < -0.4 is 21.9 Å². The summed E-state index contributed by atoms with van der Waals surface area (Å²) in [5.41, 5.74) is 24.0. The van der Waals surface area contributed by atoms with Gasteiger partial charge in [-0.15, -0.1) is 11.3 Å². The predicted octanol–water partition coefficient (Wildman–Crippen LogP) is 8.93. The van der Waals surface area contributed by atoms with Crippen LogP contribution in [0.3, 0.4) is 0 Å². The maximum atomic E-state index is 13.4. The van der Waals surface area contributed by atoms with Crippen molar-refractivity contribution in [3.8, 4) is 45.2 Å². The van der Waals surface area contributed by atoms with E-state index in [0.717, 1.165) is 68.1 Å². The molecule has 4 aliphatic rings. The third-order valence-corrected chi connectivity index (χ3v) is 16.6. The van der Waals surface area contributed by atoms with Gasteiger partial charge in [0.05, 0.1) is 36.6 Å². The Balaban J connectivity index is 0.000000156. The van der Waals surface area contributed by atoms with Crippen molar-refractivity contribution in [2.45, 2.75) is 64.1 Å². The van der Waals surface area contributed by atoms with Gasteiger partial charge < -0.3 is 26.8 Å². The third-order valence-electron chi connectivity index (χ3n) is 15.1. The quantitative estimate of drug-likeness (QED) is 0.125. The Kier molecular flexibility index (Phi) is 16.3. The fourth-order valence-corrected chi connectivity index (χ4v) is 11.3.